The normalized spacial score (nSPS) is 11.3. The van der Waals surface area contributed by atoms with Crippen LogP contribution in [0.4, 0.5) is 13.2 Å². The molecule has 0 unspecified atom stereocenters. The molecule has 1 N–H and O–H groups in total. The Morgan fingerprint density at radius 1 is 1.20 bits per heavy atom. The van der Waals surface area contributed by atoms with Gasteiger partial charge in [-0.3, -0.25) is 9.55 Å². The number of H-pyrrole nitrogens is 1. The van der Waals surface area contributed by atoms with Crippen LogP contribution in [0.3, 0.4) is 0 Å². The lowest BCUT2D eigenvalue weighted by atomic mass is 10.2. The maximum absolute atomic E-state index is 12.0. The lowest BCUT2D eigenvalue weighted by molar-refractivity contribution is -0.274. The highest BCUT2D eigenvalue weighted by molar-refractivity contribution is 5.27. The van der Waals surface area contributed by atoms with Crippen molar-refractivity contribution in [2.45, 2.75) is 12.9 Å². The van der Waals surface area contributed by atoms with E-state index in [1.807, 2.05) is 4.98 Å². The van der Waals surface area contributed by atoms with Crippen LogP contribution in [0, 0.1) is 0 Å². The molecule has 1 heterocycles. The molecule has 6 nitrogen and oxygen atoms in total. The van der Waals surface area contributed by atoms with Gasteiger partial charge in [-0.15, -0.1) is 13.2 Å². The van der Waals surface area contributed by atoms with Crippen molar-refractivity contribution in [2.75, 3.05) is 0 Å². The van der Waals surface area contributed by atoms with E-state index in [1.165, 1.54) is 12.1 Å². The van der Waals surface area contributed by atoms with Crippen molar-refractivity contribution in [1.82, 2.24) is 14.5 Å². The smallest absolute Gasteiger partial charge is 0.406 e. The van der Waals surface area contributed by atoms with E-state index >= 15 is 0 Å². The Bertz CT molecular complexity index is 704. The number of nitrogens with zero attached hydrogens (tertiary/aromatic N) is 2. The number of rotatable bonds is 3. The van der Waals surface area contributed by atoms with E-state index < -0.39 is 17.7 Å². The molecule has 0 saturated carbocycles. The second-order valence-corrected chi connectivity index (χ2v) is 3.80. The number of nitrogens with one attached hydrogen (secondary N) is 1. The zero-order valence-corrected chi connectivity index (χ0v) is 9.85. The number of aromatic amines is 1. The van der Waals surface area contributed by atoms with Crippen molar-refractivity contribution < 1.29 is 17.9 Å². The number of benzene rings is 1. The number of alkyl halides is 3. The first-order chi connectivity index (χ1) is 9.33. The number of aromatic nitrogens is 3. The summed E-state index contributed by atoms with van der Waals surface area (Å²) in [6, 6.07) is 5.01. The predicted octanol–water partition coefficient (Wildman–Crippen LogP) is 0.879. The van der Waals surface area contributed by atoms with E-state index in [1.54, 1.807) is 0 Å². The van der Waals surface area contributed by atoms with Crippen LogP contribution in [-0.2, 0) is 6.54 Å². The van der Waals surface area contributed by atoms with Crippen LogP contribution in [0.5, 0.6) is 5.75 Å². The molecule has 2 rings (SSSR count). The summed E-state index contributed by atoms with van der Waals surface area (Å²) in [7, 11) is 0. The molecule has 106 valence electrons. The van der Waals surface area contributed by atoms with Crippen LogP contribution in [0.1, 0.15) is 5.56 Å². The van der Waals surface area contributed by atoms with Crippen LogP contribution >= 0.6 is 0 Å². The Labute approximate surface area is 109 Å². The first-order valence-electron chi connectivity index (χ1n) is 5.34. The summed E-state index contributed by atoms with van der Waals surface area (Å²) in [5.74, 6) is -0.354. The Balaban J connectivity index is 2.15. The molecule has 9 heteroatoms. The van der Waals surface area contributed by atoms with Crippen LogP contribution < -0.4 is 16.1 Å². The molecule has 0 spiro atoms. The van der Waals surface area contributed by atoms with Crippen molar-refractivity contribution in [3.05, 3.63) is 57.1 Å². The minimum absolute atomic E-state index is 0.0644. The maximum atomic E-state index is 12.0. The fourth-order valence-electron chi connectivity index (χ4n) is 1.48. The van der Waals surface area contributed by atoms with Crippen molar-refractivity contribution >= 4 is 0 Å². The van der Waals surface area contributed by atoms with Crippen LogP contribution in [0.15, 0.2) is 40.2 Å². The average molecular weight is 287 g/mol. The van der Waals surface area contributed by atoms with Gasteiger partial charge in [-0.25, -0.2) is 9.59 Å². The van der Waals surface area contributed by atoms with E-state index in [2.05, 4.69) is 9.72 Å². The second kappa shape index (κ2) is 5.19. The molecule has 0 atom stereocenters. The summed E-state index contributed by atoms with van der Waals surface area (Å²) >= 11 is 0. The molecule has 1 aromatic heterocycles. The van der Waals surface area contributed by atoms with Gasteiger partial charge in [0.15, 0.2) is 0 Å². The van der Waals surface area contributed by atoms with Gasteiger partial charge < -0.3 is 4.74 Å². The number of ether oxygens (including phenoxy) is 1. The fraction of sp³-hybridized carbons (Fsp3) is 0.182. The van der Waals surface area contributed by atoms with Crippen LogP contribution in [0.25, 0.3) is 0 Å². The molecule has 0 aliphatic rings. The van der Waals surface area contributed by atoms with Gasteiger partial charge in [0.2, 0.25) is 0 Å². The summed E-state index contributed by atoms with van der Waals surface area (Å²) in [6.45, 7) is 0.0644. The first-order valence-corrected chi connectivity index (χ1v) is 5.34. The maximum Gasteiger partial charge on any atom is 0.573 e. The molecule has 1 aromatic carbocycles. The lowest BCUT2D eigenvalue weighted by Crippen LogP contribution is -2.31. The molecule has 0 saturated heterocycles. The SMILES string of the molecule is O=c1ncn(Cc2ccc(OC(F)(F)F)cc2)c(=O)[nH]1. The van der Waals surface area contributed by atoms with Crippen LogP contribution in [-0.4, -0.2) is 20.9 Å². The summed E-state index contributed by atoms with van der Waals surface area (Å²) in [5, 5.41) is 0. The standard InChI is InChI=1S/C11H8F3N3O3/c12-11(13,14)20-8-3-1-7(2-4-8)5-17-6-15-9(18)16-10(17)19/h1-4,6H,5H2,(H,16,18,19). The predicted molar refractivity (Wildman–Crippen MR) is 61.3 cm³/mol. The van der Waals surface area contributed by atoms with Gasteiger partial charge in [0, 0.05) is 0 Å². The molecule has 0 fully saturated rings. The minimum atomic E-state index is -4.75. The lowest BCUT2D eigenvalue weighted by Gasteiger charge is -2.09. The minimum Gasteiger partial charge on any atom is -0.406 e. The highest BCUT2D eigenvalue weighted by Gasteiger charge is 2.30. The molecule has 20 heavy (non-hydrogen) atoms. The van der Waals surface area contributed by atoms with Crippen molar-refractivity contribution in [3.8, 4) is 5.75 Å². The molecule has 0 amide bonds. The third-order valence-corrected chi connectivity index (χ3v) is 2.30. The van der Waals surface area contributed by atoms with Gasteiger partial charge in [-0.05, 0) is 17.7 Å². The highest BCUT2D eigenvalue weighted by atomic mass is 19.4. The Morgan fingerprint density at radius 3 is 2.40 bits per heavy atom. The molecule has 0 radical (unpaired) electrons. The second-order valence-electron chi connectivity index (χ2n) is 3.80. The van der Waals surface area contributed by atoms with Gasteiger partial charge in [0.25, 0.3) is 0 Å². The van der Waals surface area contributed by atoms with Crippen LogP contribution in [0.2, 0.25) is 0 Å². The van der Waals surface area contributed by atoms with Gasteiger partial charge in [0.05, 0.1) is 6.54 Å². The number of hydrogen-bond acceptors (Lipinski definition) is 4. The Morgan fingerprint density at radius 2 is 1.85 bits per heavy atom. The number of halogens is 3. The van der Waals surface area contributed by atoms with Gasteiger partial charge in [-0.1, -0.05) is 12.1 Å². The number of hydrogen-bond donors (Lipinski definition) is 1. The summed E-state index contributed by atoms with van der Waals surface area (Å²) < 4.78 is 40.7. The van der Waals surface area contributed by atoms with E-state index in [9.17, 15) is 22.8 Å². The first kappa shape index (κ1) is 13.8. The van der Waals surface area contributed by atoms with Crippen molar-refractivity contribution in [3.63, 3.8) is 0 Å². The van der Waals surface area contributed by atoms with Crippen molar-refractivity contribution in [2.24, 2.45) is 0 Å². The van der Waals surface area contributed by atoms with E-state index in [-0.39, 0.29) is 12.3 Å². The molecule has 0 aliphatic heterocycles. The van der Waals surface area contributed by atoms with Gasteiger partial charge >= 0.3 is 17.7 Å². The highest BCUT2D eigenvalue weighted by Crippen LogP contribution is 2.22. The Kier molecular flexibility index (Phi) is 3.59. The molecule has 0 aliphatic carbocycles. The molecule has 0 bridgehead atoms. The van der Waals surface area contributed by atoms with E-state index in [0.717, 1.165) is 23.0 Å². The summed E-state index contributed by atoms with van der Waals surface area (Å²) in [6.07, 6.45) is -3.69. The quantitative estimate of drug-likeness (QED) is 0.909. The fourth-order valence-corrected chi connectivity index (χ4v) is 1.48. The molecule has 2 aromatic rings. The van der Waals surface area contributed by atoms with Gasteiger partial charge in [0.1, 0.15) is 12.1 Å². The Hall–Kier alpha value is -2.58. The monoisotopic (exact) mass is 287 g/mol. The third kappa shape index (κ3) is 3.70. The molecular formula is C11H8F3N3O3. The summed E-state index contributed by atoms with van der Waals surface area (Å²) in [4.78, 5) is 27.5. The van der Waals surface area contributed by atoms with E-state index in [0.29, 0.717) is 5.56 Å². The van der Waals surface area contributed by atoms with Crippen molar-refractivity contribution in [1.29, 1.82) is 0 Å². The summed E-state index contributed by atoms with van der Waals surface area (Å²) in [5.41, 5.74) is -0.865. The average Bonchev–Trinajstić information content (AvgIpc) is 2.33. The zero-order valence-electron chi connectivity index (χ0n) is 9.85. The largest absolute Gasteiger partial charge is 0.573 e. The third-order valence-electron chi connectivity index (χ3n) is 2.30. The topological polar surface area (TPSA) is 77.0 Å². The van der Waals surface area contributed by atoms with E-state index in [4.69, 9.17) is 0 Å². The molecular weight excluding hydrogens is 279 g/mol. The van der Waals surface area contributed by atoms with Gasteiger partial charge in [-0.2, -0.15) is 4.98 Å². The zero-order chi connectivity index (χ0) is 14.8.